The average molecular weight is 1140 g/mol. The van der Waals surface area contributed by atoms with Gasteiger partial charge in [-0.2, -0.15) is 0 Å². The molecule has 3 N–H and O–H groups in total. The Hall–Kier alpha value is -2.32. The number of phosphoric ester groups is 1. The number of allylic oxidation sites excluding steroid dienone is 14. The maximum absolute atomic E-state index is 13.0. The number of quaternary nitrogens is 1. The summed E-state index contributed by atoms with van der Waals surface area (Å²) < 4.78 is 23.8. The van der Waals surface area contributed by atoms with Gasteiger partial charge in [0.05, 0.1) is 39.9 Å². The summed E-state index contributed by atoms with van der Waals surface area (Å²) in [5.41, 5.74) is 0. The lowest BCUT2D eigenvalue weighted by Crippen LogP contribution is -2.46. The average Bonchev–Trinajstić information content (AvgIpc) is 3.42. The van der Waals surface area contributed by atoms with Crippen LogP contribution in [-0.4, -0.2) is 73.4 Å². The van der Waals surface area contributed by atoms with Crippen molar-refractivity contribution < 1.29 is 32.9 Å². The Balaban J connectivity index is 4.10. The highest BCUT2D eigenvalue weighted by Crippen LogP contribution is 2.43. The Labute approximate surface area is 497 Å². The van der Waals surface area contributed by atoms with Gasteiger partial charge in [-0.05, 0) is 70.6 Å². The van der Waals surface area contributed by atoms with Crippen molar-refractivity contribution in [3.05, 3.63) is 85.1 Å². The summed E-state index contributed by atoms with van der Waals surface area (Å²) >= 11 is 0. The van der Waals surface area contributed by atoms with Crippen LogP contribution in [0.4, 0.5) is 0 Å². The van der Waals surface area contributed by atoms with Crippen LogP contribution in [-0.2, 0) is 18.4 Å². The number of likely N-dealkylation sites (N-methyl/N-ethyl adjacent to an activating group) is 1. The minimum Gasteiger partial charge on any atom is -0.391 e. The highest BCUT2D eigenvalue weighted by Gasteiger charge is 2.28. The molecule has 0 aliphatic heterocycles. The first-order valence-electron chi connectivity index (χ1n) is 34.0. The Morgan fingerprint density at radius 1 is 0.438 bits per heavy atom. The third-order valence-electron chi connectivity index (χ3n) is 15.2. The van der Waals surface area contributed by atoms with Gasteiger partial charge in [0.25, 0.3) is 0 Å². The van der Waals surface area contributed by atoms with E-state index in [4.69, 9.17) is 9.05 Å². The topological polar surface area (TPSA) is 105 Å². The van der Waals surface area contributed by atoms with Crippen LogP contribution in [0, 0.1) is 0 Å². The highest BCUT2D eigenvalue weighted by molar-refractivity contribution is 7.47. The summed E-state index contributed by atoms with van der Waals surface area (Å²) in [7, 11) is 1.59. The minimum absolute atomic E-state index is 0.0638. The van der Waals surface area contributed by atoms with E-state index in [-0.39, 0.29) is 19.1 Å². The van der Waals surface area contributed by atoms with Gasteiger partial charge in [-0.25, -0.2) is 4.57 Å². The van der Waals surface area contributed by atoms with Crippen LogP contribution >= 0.6 is 7.82 Å². The second-order valence-electron chi connectivity index (χ2n) is 24.2. The molecule has 0 aliphatic rings. The van der Waals surface area contributed by atoms with Crippen molar-refractivity contribution in [3.8, 4) is 0 Å². The SMILES string of the molecule is CC/C=C\C/C=C\C/C=C\C/C=C\C/C=C\C/C=C\C/C=C\CCCCCC(=O)NC(COP(=O)(O)OCC[N+](C)(C)C)C(O)CCCCCCCCCCCCCCCCCCCCCCCCCCCCCCCCCCC. The van der Waals surface area contributed by atoms with Gasteiger partial charge in [-0.15, -0.1) is 0 Å². The third-order valence-corrected chi connectivity index (χ3v) is 16.1. The van der Waals surface area contributed by atoms with Crippen molar-refractivity contribution >= 4 is 13.7 Å². The molecule has 1 amide bonds. The highest BCUT2D eigenvalue weighted by atomic mass is 31.2. The fourth-order valence-electron chi connectivity index (χ4n) is 9.91. The predicted molar refractivity (Wildman–Crippen MR) is 350 cm³/mol. The van der Waals surface area contributed by atoms with E-state index in [1.165, 1.54) is 193 Å². The molecule has 0 aromatic heterocycles. The zero-order valence-corrected chi connectivity index (χ0v) is 54.2. The van der Waals surface area contributed by atoms with Crippen LogP contribution in [0.2, 0.25) is 0 Å². The number of hydrogen-bond acceptors (Lipinski definition) is 5. The lowest BCUT2D eigenvalue weighted by Gasteiger charge is -2.26. The minimum atomic E-state index is -4.35. The first kappa shape index (κ1) is 77.7. The van der Waals surface area contributed by atoms with E-state index in [0.717, 1.165) is 89.9 Å². The Kier molecular flexibility index (Phi) is 59.5. The van der Waals surface area contributed by atoms with Crippen molar-refractivity contribution in [2.24, 2.45) is 0 Å². The molecular weight excluding hydrogens is 1010 g/mol. The van der Waals surface area contributed by atoms with Crippen LogP contribution in [0.25, 0.3) is 0 Å². The molecule has 0 aliphatic carbocycles. The normalized spacial score (nSPS) is 14.2. The fourth-order valence-corrected chi connectivity index (χ4v) is 10.6. The van der Waals surface area contributed by atoms with Gasteiger partial charge in [-0.3, -0.25) is 13.8 Å². The molecule has 0 spiro atoms. The zero-order valence-electron chi connectivity index (χ0n) is 53.3. The van der Waals surface area contributed by atoms with E-state index in [0.29, 0.717) is 23.9 Å². The van der Waals surface area contributed by atoms with Gasteiger partial charge < -0.3 is 19.8 Å². The second kappa shape index (κ2) is 61.2. The number of amides is 1. The molecule has 0 radical (unpaired) electrons. The Bertz CT molecular complexity index is 1580. The molecule has 0 fully saturated rings. The van der Waals surface area contributed by atoms with Gasteiger partial charge >= 0.3 is 7.82 Å². The molecular formula is C71H132N2O6P+. The van der Waals surface area contributed by atoms with Crippen LogP contribution in [0.15, 0.2) is 85.1 Å². The summed E-state index contributed by atoms with van der Waals surface area (Å²) in [6, 6.07) is -0.787. The summed E-state index contributed by atoms with van der Waals surface area (Å²) in [6.45, 7) is 4.77. The zero-order chi connectivity index (χ0) is 58.4. The number of rotatable bonds is 62. The van der Waals surface area contributed by atoms with E-state index >= 15 is 0 Å². The number of carbonyl (C=O) groups is 1. The van der Waals surface area contributed by atoms with E-state index in [1.54, 1.807) is 0 Å². The first-order valence-corrected chi connectivity index (χ1v) is 35.4. The number of nitrogens with zero attached hydrogens (tertiary/aromatic N) is 1. The number of phosphoric acid groups is 1. The second-order valence-corrected chi connectivity index (χ2v) is 25.6. The maximum Gasteiger partial charge on any atom is 0.472 e. The summed E-state index contributed by atoms with van der Waals surface area (Å²) in [6.07, 6.45) is 86.9. The van der Waals surface area contributed by atoms with Crippen molar-refractivity contribution in [2.75, 3.05) is 40.9 Å². The van der Waals surface area contributed by atoms with Crippen LogP contribution in [0.3, 0.4) is 0 Å². The number of hydrogen-bond donors (Lipinski definition) is 3. The van der Waals surface area contributed by atoms with Crippen molar-refractivity contribution in [1.29, 1.82) is 0 Å². The monoisotopic (exact) mass is 1140 g/mol. The molecule has 8 nitrogen and oxygen atoms in total. The lowest BCUT2D eigenvalue weighted by atomic mass is 10.0. The standard InChI is InChI=1S/C71H131N2O6P/c1-6-8-10-12-14-16-18-20-22-24-26-28-30-32-33-34-35-36-37-38-39-41-42-44-46-48-50-52-54-56-58-60-62-64-70(74)69(68-79-80(76,77)78-67-66-73(3,4)5)72-71(75)65-63-61-59-57-55-53-51-49-47-45-43-40-31-29-27-25-23-21-19-17-15-13-11-9-7-2/h9,11,15,17,21,23,27,29,40,43,47,49,53,55,69-70,74H,6-8,10,12-14,16,18-20,22,24-26,28,30-39,41-42,44-46,48,50-52,54,56-68H2,1-5H3,(H-,72,75,76,77)/p+1/b11-9-,17-15-,23-21-,29-27-,43-40-,49-47-,55-53-. The van der Waals surface area contributed by atoms with Gasteiger partial charge in [0, 0.05) is 6.42 Å². The van der Waals surface area contributed by atoms with E-state index in [1.807, 2.05) is 21.1 Å². The van der Waals surface area contributed by atoms with Crippen molar-refractivity contribution in [2.45, 2.75) is 321 Å². The van der Waals surface area contributed by atoms with Crippen molar-refractivity contribution in [3.63, 3.8) is 0 Å². The molecule has 80 heavy (non-hydrogen) atoms. The molecule has 0 aromatic carbocycles. The molecule has 0 bridgehead atoms. The summed E-state index contributed by atoms with van der Waals surface area (Å²) in [5, 5.41) is 14.1. The molecule has 3 unspecified atom stereocenters. The molecule has 9 heteroatoms. The van der Waals surface area contributed by atoms with Crippen LogP contribution in [0.1, 0.15) is 309 Å². The molecule has 0 aromatic rings. The number of aliphatic hydroxyl groups excluding tert-OH is 1. The van der Waals surface area contributed by atoms with Gasteiger partial charge in [-0.1, -0.05) is 317 Å². The smallest absolute Gasteiger partial charge is 0.391 e. The van der Waals surface area contributed by atoms with Crippen molar-refractivity contribution in [1.82, 2.24) is 5.32 Å². The number of carbonyl (C=O) groups excluding carboxylic acids is 1. The lowest BCUT2D eigenvalue weighted by molar-refractivity contribution is -0.870. The van der Waals surface area contributed by atoms with Gasteiger partial charge in [0.1, 0.15) is 13.2 Å². The maximum atomic E-state index is 13.0. The van der Waals surface area contributed by atoms with E-state index in [9.17, 15) is 19.4 Å². The van der Waals surface area contributed by atoms with E-state index < -0.39 is 20.0 Å². The summed E-state index contributed by atoms with van der Waals surface area (Å²) in [4.78, 5) is 23.4. The fraction of sp³-hybridized carbons (Fsp3) is 0.789. The molecule has 0 saturated heterocycles. The molecule has 3 atom stereocenters. The van der Waals surface area contributed by atoms with Crippen LogP contribution in [0.5, 0.6) is 0 Å². The first-order chi connectivity index (χ1) is 39.0. The number of aliphatic hydroxyl groups is 1. The van der Waals surface area contributed by atoms with E-state index in [2.05, 4.69) is 104 Å². The number of unbranched alkanes of at least 4 members (excludes halogenated alkanes) is 35. The third kappa shape index (κ3) is 63.3. The Morgan fingerprint density at radius 2 is 0.750 bits per heavy atom. The quantitative estimate of drug-likeness (QED) is 0.0243. The number of nitrogens with one attached hydrogen (secondary N) is 1. The largest absolute Gasteiger partial charge is 0.472 e. The molecule has 0 heterocycles. The van der Waals surface area contributed by atoms with Gasteiger partial charge in [0.15, 0.2) is 0 Å². The van der Waals surface area contributed by atoms with Gasteiger partial charge in [0.2, 0.25) is 5.91 Å². The Morgan fingerprint density at radius 3 is 1.09 bits per heavy atom. The molecule has 0 rings (SSSR count). The predicted octanol–water partition coefficient (Wildman–Crippen LogP) is 21.5. The molecule has 466 valence electrons. The van der Waals surface area contributed by atoms with Crippen LogP contribution < -0.4 is 5.32 Å². The molecule has 0 saturated carbocycles. The summed E-state index contributed by atoms with van der Waals surface area (Å²) in [5.74, 6) is -0.175.